The molecular weight excluding hydrogens is 404 g/mol. The van der Waals surface area contributed by atoms with Crippen LogP contribution in [-0.4, -0.2) is 39.6 Å². The Kier molecular flexibility index (Phi) is 5.03. The number of nitrogens with one attached hydrogen (secondary N) is 2. The molecule has 0 radical (unpaired) electrons. The van der Waals surface area contributed by atoms with Gasteiger partial charge in [0.15, 0.2) is 5.11 Å². The van der Waals surface area contributed by atoms with Gasteiger partial charge >= 0.3 is 5.97 Å². The third kappa shape index (κ3) is 3.54. The second-order valence-electron chi connectivity index (χ2n) is 6.72. The minimum absolute atomic E-state index is 0.0163. The summed E-state index contributed by atoms with van der Waals surface area (Å²) in [6.07, 6.45) is 4.01. The van der Waals surface area contributed by atoms with E-state index >= 15 is 0 Å². The first kappa shape index (κ1) is 19.7. The van der Waals surface area contributed by atoms with Crippen LogP contribution in [0.3, 0.4) is 0 Å². The first-order valence-electron chi connectivity index (χ1n) is 9.08. The van der Waals surface area contributed by atoms with Gasteiger partial charge in [0.05, 0.1) is 11.7 Å². The summed E-state index contributed by atoms with van der Waals surface area (Å²) in [5.74, 6) is -0.317. The highest BCUT2D eigenvalue weighted by atomic mass is 32.1. The molecule has 1 atom stereocenters. The molecule has 7 nitrogen and oxygen atoms in total. The van der Waals surface area contributed by atoms with Crippen molar-refractivity contribution < 1.29 is 24.9 Å². The summed E-state index contributed by atoms with van der Waals surface area (Å²) < 4.78 is 5.88. The Balaban J connectivity index is 1.95. The van der Waals surface area contributed by atoms with Gasteiger partial charge in [-0.3, -0.25) is 0 Å². The van der Waals surface area contributed by atoms with Gasteiger partial charge in [0.25, 0.3) is 0 Å². The smallest absolute Gasteiger partial charge is 0.336 e. The summed E-state index contributed by atoms with van der Waals surface area (Å²) in [7, 11) is 1.67. The normalized spacial score (nSPS) is 16.7. The number of carboxylic acid groups (broad SMARTS) is 1. The molecule has 0 saturated carbocycles. The Morgan fingerprint density at radius 1 is 1.17 bits per heavy atom. The standard InChI is InChI=1S/C22H18N2O5S/c1-23-22(30)24-11-2-5-14(17(8-11)21(27)28)20-15-6-3-12(25)9-18(15)29-19-10-13(26)4-7-16(19)20/h2-10,12,25-26H,1H3,(H,27,28)(H2,23,24,30). The van der Waals surface area contributed by atoms with Crippen LogP contribution in [0, 0.1) is 0 Å². The molecule has 2 aliphatic rings. The topological polar surface area (TPSA) is 111 Å². The van der Waals surface area contributed by atoms with E-state index in [1.165, 1.54) is 24.3 Å². The Bertz CT molecular complexity index is 1170. The van der Waals surface area contributed by atoms with Crippen molar-refractivity contribution >= 4 is 34.6 Å². The number of aromatic carboxylic acids is 1. The quantitative estimate of drug-likeness (QED) is 0.480. The number of hydrogen-bond acceptors (Lipinski definition) is 5. The SMILES string of the molecule is CNC(=S)Nc1ccc(C2=C3C=CC(O)C=C3Oc3cc(O)ccc32)c(C(=O)O)c1. The van der Waals surface area contributed by atoms with Gasteiger partial charge in [-0.1, -0.05) is 18.2 Å². The molecule has 0 fully saturated rings. The average molecular weight is 422 g/mol. The lowest BCUT2D eigenvalue weighted by molar-refractivity contribution is 0.0696. The monoisotopic (exact) mass is 422 g/mol. The molecule has 2 aromatic carbocycles. The Morgan fingerprint density at radius 2 is 1.93 bits per heavy atom. The van der Waals surface area contributed by atoms with Crippen LogP contribution in [-0.2, 0) is 0 Å². The first-order chi connectivity index (χ1) is 14.4. The van der Waals surface area contributed by atoms with Crippen molar-refractivity contribution in [1.29, 1.82) is 0 Å². The molecule has 1 aliphatic heterocycles. The number of phenols is 1. The Hall–Kier alpha value is -3.62. The highest BCUT2D eigenvalue weighted by Gasteiger charge is 2.29. The number of aliphatic hydroxyl groups is 1. The summed E-state index contributed by atoms with van der Waals surface area (Å²) in [4.78, 5) is 12.1. The number of carbonyl (C=O) groups is 1. The molecule has 0 aromatic heterocycles. The molecule has 0 saturated heterocycles. The molecule has 152 valence electrons. The van der Waals surface area contributed by atoms with E-state index < -0.39 is 12.1 Å². The number of aromatic hydroxyl groups is 1. The third-order valence-corrected chi connectivity index (χ3v) is 5.08. The van der Waals surface area contributed by atoms with Crippen LogP contribution in [0.2, 0.25) is 0 Å². The van der Waals surface area contributed by atoms with E-state index in [-0.39, 0.29) is 11.3 Å². The summed E-state index contributed by atoms with van der Waals surface area (Å²) >= 11 is 5.10. The van der Waals surface area contributed by atoms with Crippen LogP contribution in [0.25, 0.3) is 5.57 Å². The third-order valence-electron chi connectivity index (χ3n) is 4.78. The number of aliphatic hydroxyl groups excluding tert-OH is 1. The largest absolute Gasteiger partial charge is 0.508 e. The Morgan fingerprint density at radius 3 is 2.67 bits per heavy atom. The minimum Gasteiger partial charge on any atom is -0.508 e. The van der Waals surface area contributed by atoms with E-state index in [0.717, 1.165) is 0 Å². The number of fused-ring (bicyclic) bond motifs is 2. The summed E-state index contributed by atoms with van der Waals surface area (Å²) in [6, 6.07) is 9.59. The molecule has 2 aromatic rings. The van der Waals surface area contributed by atoms with Gasteiger partial charge in [0.1, 0.15) is 17.3 Å². The van der Waals surface area contributed by atoms with Gasteiger partial charge in [-0.25, -0.2) is 4.79 Å². The van der Waals surface area contributed by atoms with Crippen molar-refractivity contribution in [3.8, 4) is 11.5 Å². The number of hydrogen-bond donors (Lipinski definition) is 5. The van der Waals surface area contributed by atoms with E-state index in [2.05, 4.69) is 10.6 Å². The summed E-state index contributed by atoms with van der Waals surface area (Å²) in [5.41, 5.74) is 2.99. The summed E-state index contributed by atoms with van der Waals surface area (Å²) in [6.45, 7) is 0. The van der Waals surface area contributed by atoms with Crippen LogP contribution in [0.1, 0.15) is 21.5 Å². The fourth-order valence-corrected chi connectivity index (χ4v) is 3.56. The van der Waals surface area contributed by atoms with Gasteiger partial charge < -0.3 is 30.7 Å². The predicted molar refractivity (Wildman–Crippen MR) is 117 cm³/mol. The van der Waals surface area contributed by atoms with E-state index in [9.17, 15) is 20.1 Å². The van der Waals surface area contributed by atoms with Gasteiger partial charge in [0.2, 0.25) is 0 Å². The second kappa shape index (κ2) is 7.66. The van der Waals surface area contributed by atoms with Crippen molar-refractivity contribution in [2.24, 2.45) is 0 Å². The predicted octanol–water partition coefficient (Wildman–Crippen LogP) is 3.02. The maximum atomic E-state index is 12.1. The maximum Gasteiger partial charge on any atom is 0.336 e. The van der Waals surface area contributed by atoms with Crippen LogP contribution in [0.4, 0.5) is 5.69 Å². The van der Waals surface area contributed by atoms with Gasteiger partial charge in [0, 0.05) is 35.5 Å². The number of benzene rings is 2. The molecule has 30 heavy (non-hydrogen) atoms. The highest BCUT2D eigenvalue weighted by molar-refractivity contribution is 7.80. The lowest BCUT2D eigenvalue weighted by Crippen LogP contribution is -2.24. The number of carboxylic acids is 1. The van der Waals surface area contributed by atoms with Crippen molar-refractivity contribution in [3.63, 3.8) is 0 Å². The number of rotatable bonds is 3. The lowest BCUT2D eigenvalue weighted by Gasteiger charge is -2.28. The van der Waals surface area contributed by atoms with Gasteiger partial charge in [-0.15, -0.1) is 0 Å². The van der Waals surface area contributed by atoms with E-state index in [0.29, 0.717) is 44.6 Å². The van der Waals surface area contributed by atoms with Crippen LogP contribution in [0.15, 0.2) is 66.0 Å². The van der Waals surface area contributed by atoms with Crippen molar-refractivity contribution in [3.05, 3.63) is 82.6 Å². The molecular formula is C22H18N2O5S. The minimum atomic E-state index is -1.10. The maximum absolute atomic E-state index is 12.1. The number of allylic oxidation sites excluding steroid dienone is 1. The van der Waals surface area contributed by atoms with Crippen LogP contribution in [0.5, 0.6) is 11.5 Å². The first-order valence-corrected chi connectivity index (χ1v) is 9.48. The molecule has 0 amide bonds. The van der Waals surface area contributed by atoms with Crippen LogP contribution >= 0.6 is 12.2 Å². The molecule has 4 rings (SSSR count). The molecule has 1 aliphatic carbocycles. The van der Waals surface area contributed by atoms with E-state index in [4.69, 9.17) is 17.0 Å². The van der Waals surface area contributed by atoms with Gasteiger partial charge in [-0.05, 0) is 48.1 Å². The summed E-state index contributed by atoms with van der Waals surface area (Å²) in [5, 5.41) is 35.8. The van der Waals surface area contributed by atoms with Crippen molar-refractivity contribution in [2.45, 2.75) is 6.10 Å². The van der Waals surface area contributed by atoms with E-state index in [1.54, 1.807) is 37.4 Å². The number of thiocarbonyl (C=S) groups is 1. The number of anilines is 1. The van der Waals surface area contributed by atoms with Crippen molar-refractivity contribution in [1.82, 2.24) is 5.32 Å². The molecule has 5 N–H and O–H groups in total. The Labute approximate surface area is 177 Å². The highest BCUT2D eigenvalue weighted by Crippen LogP contribution is 2.45. The fraction of sp³-hybridized carbons (Fsp3) is 0.0909. The van der Waals surface area contributed by atoms with E-state index in [1.807, 2.05) is 0 Å². The molecule has 1 heterocycles. The number of ether oxygens (including phenoxy) is 1. The lowest BCUT2D eigenvalue weighted by atomic mass is 9.85. The second-order valence-corrected chi connectivity index (χ2v) is 7.13. The van der Waals surface area contributed by atoms with Gasteiger partial charge in [-0.2, -0.15) is 0 Å². The molecule has 0 spiro atoms. The average Bonchev–Trinajstić information content (AvgIpc) is 2.71. The zero-order valence-corrected chi connectivity index (χ0v) is 16.7. The fourth-order valence-electron chi connectivity index (χ4n) is 3.44. The number of phenolic OH excluding ortho intramolecular Hbond substituents is 1. The van der Waals surface area contributed by atoms with Crippen LogP contribution < -0.4 is 15.4 Å². The molecule has 8 heteroatoms. The zero-order valence-electron chi connectivity index (χ0n) is 15.8. The molecule has 1 unspecified atom stereocenters. The van der Waals surface area contributed by atoms with Crippen molar-refractivity contribution in [2.75, 3.05) is 12.4 Å². The molecule has 0 bridgehead atoms. The zero-order chi connectivity index (χ0) is 21.4.